The Morgan fingerprint density at radius 1 is 1.21 bits per heavy atom. The van der Waals surface area contributed by atoms with Gasteiger partial charge in [-0.1, -0.05) is 37.0 Å². The molecule has 2 fully saturated rings. The summed E-state index contributed by atoms with van der Waals surface area (Å²) < 4.78 is 36.1. The molecule has 1 aliphatic heterocycles. The molecule has 1 atom stereocenters. The van der Waals surface area contributed by atoms with Crippen molar-refractivity contribution in [2.24, 2.45) is 10.9 Å². The van der Waals surface area contributed by atoms with E-state index in [9.17, 15) is 8.42 Å². The second-order valence-electron chi connectivity index (χ2n) is 8.36. The molecule has 3 rings (SSSR count). The van der Waals surface area contributed by atoms with Crippen molar-refractivity contribution in [3.05, 3.63) is 29.8 Å². The molecule has 0 spiro atoms. The maximum Gasteiger partial charge on any atom is 0.294 e. The summed E-state index contributed by atoms with van der Waals surface area (Å²) in [6.45, 7) is 6.78. The zero-order chi connectivity index (χ0) is 21.3. The summed E-state index contributed by atoms with van der Waals surface area (Å²) in [5.41, 5.74) is 0.956. The van der Waals surface area contributed by atoms with Gasteiger partial charge in [-0.25, -0.2) is 10.4 Å². The minimum atomic E-state index is -4.02. The number of hydrogen-bond acceptors (Lipinski definition) is 5. The van der Waals surface area contributed by atoms with Gasteiger partial charge in [0.1, 0.15) is 25.7 Å². The summed E-state index contributed by atoms with van der Waals surface area (Å²) in [6, 6.07) is 8.59. The largest absolute Gasteiger partial charge is 0.370 e. The number of aryl methyl sites for hydroxylation is 1. The van der Waals surface area contributed by atoms with Crippen LogP contribution in [0.2, 0.25) is 0 Å². The van der Waals surface area contributed by atoms with E-state index < -0.39 is 10.1 Å². The molecule has 162 valence electrons. The maximum absolute atomic E-state index is 10.5. The highest BCUT2D eigenvalue weighted by molar-refractivity contribution is 7.85. The lowest BCUT2D eigenvalue weighted by atomic mass is 9.83. The number of quaternary nitrogens is 1. The van der Waals surface area contributed by atoms with Gasteiger partial charge in [-0.3, -0.25) is 4.55 Å². The molecule has 1 heterocycles. The third-order valence-corrected chi connectivity index (χ3v) is 6.79. The molecule has 1 aromatic carbocycles. The van der Waals surface area contributed by atoms with Gasteiger partial charge in [-0.05, 0) is 37.8 Å². The van der Waals surface area contributed by atoms with Crippen LogP contribution in [-0.4, -0.2) is 69.4 Å². The molecule has 2 N–H and O–H groups in total. The lowest BCUT2D eigenvalue weighted by Gasteiger charge is -2.40. The van der Waals surface area contributed by atoms with Crippen LogP contribution in [0.3, 0.4) is 0 Å². The Morgan fingerprint density at radius 2 is 1.79 bits per heavy atom. The van der Waals surface area contributed by atoms with Gasteiger partial charge in [0.05, 0.1) is 31.2 Å². The predicted octanol–water partition coefficient (Wildman–Crippen LogP) is 3.41. The van der Waals surface area contributed by atoms with Gasteiger partial charge in [0.15, 0.2) is 0 Å². The number of hydrogen-bond donors (Lipinski definition) is 2. The van der Waals surface area contributed by atoms with Crippen LogP contribution in [0, 0.1) is 18.3 Å². The zero-order valence-corrected chi connectivity index (χ0v) is 18.3. The lowest BCUT2D eigenvalue weighted by molar-refractivity contribution is -0.918. The number of morpholine rings is 1. The van der Waals surface area contributed by atoms with Gasteiger partial charge < -0.3 is 9.22 Å². The fraction of sp³-hybridized carbons (Fsp3) is 0.667. The summed E-state index contributed by atoms with van der Waals surface area (Å²) >= 11 is 0. The molecule has 0 amide bonds. The summed E-state index contributed by atoms with van der Waals surface area (Å²) in [7, 11) is -1.72. The van der Waals surface area contributed by atoms with Crippen LogP contribution in [0.4, 0.5) is 0 Å². The van der Waals surface area contributed by atoms with Crippen molar-refractivity contribution in [1.82, 2.24) is 0 Å². The SMILES string of the molecule is C[N+]1(CC(N=C=N)C2CCCCC2)CCOCC1.Cc1ccc(S(=O)(=O)O)cc1. The van der Waals surface area contributed by atoms with Crippen molar-refractivity contribution < 1.29 is 22.2 Å². The molecule has 1 aromatic rings. The Balaban J connectivity index is 0.000000234. The van der Waals surface area contributed by atoms with E-state index in [1.807, 2.05) is 6.92 Å². The van der Waals surface area contributed by atoms with Gasteiger partial charge in [0.25, 0.3) is 10.1 Å². The summed E-state index contributed by atoms with van der Waals surface area (Å²) in [6.07, 6.45) is 6.61. The number of benzene rings is 1. The third kappa shape index (κ3) is 7.99. The molecule has 0 aromatic heterocycles. The van der Waals surface area contributed by atoms with Crippen molar-refractivity contribution >= 4 is 16.1 Å². The van der Waals surface area contributed by atoms with E-state index in [4.69, 9.17) is 14.7 Å². The van der Waals surface area contributed by atoms with E-state index >= 15 is 0 Å². The van der Waals surface area contributed by atoms with E-state index in [0.717, 1.165) is 42.9 Å². The first kappa shape index (κ1) is 23.7. The van der Waals surface area contributed by atoms with E-state index in [0.29, 0.717) is 12.0 Å². The fourth-order valence-electron chi connectivity index (χ4n) is 4.03. The number of likely N-dealkylation sites (N-methyl/N-ethyl adjacent to an activating group) is 1. The van der Waals surface area contributed by atoms with Crippen molar-refractivity contribution in [1.29, 1.82) is 5.41 Å². The molecule has 1 aliphatic carbocycles. The summed E-state index contributed by atoms with van der Waals surface area (Å²) in [4.78, 5) is 4.28. The highest BCUT2D eigenvalue weighted by Gasteiger charge is 2.33. The smallest absolute Gasteiger partial charge is 0.294 e. The zero-order valence-electron chi connectivity index (χ0n) is 17.5. The first-order valence-electron chi connectivity index (χ1n) is 10.3. The summed E-state index contributed by atoms with van der Waals surface area (Å²) in [5.74, 6) is 0.675. The number of ether oxygens (including phenoxy) is 1. The minimum Gasteiger partial charge on any atom is -0.370 e. The average Bonchev–Trinajstić information content (AvgIpc) is 2.69. The third-order valence-electron chi connectivity index (χ3n) is 5.92. The molecule has 29 heavy (non-hydrogen) atoms. The lowest BCUT2D eigenvalue weighted by Crippen LogP contribution is -2.56. The molecular weight excluding hydrogens is 390 g/mol. The molecule has 2 aliphatic rings. The highest BCUT2D eigenvalue weighted by atomic mass is 32.2. The normalized spacial score (nSPS) is 20.7. The van der Waals surface area contributed by atoms with Gasteiger partial charge >= 0.3 is 0 Å². The number of aliphatic imine (C=N–C) groups is 1. The summed E-state index contributed by atoms with van der Waals surface area (Å²) in [5, 5.41) is 7.18. The Bertz CT molecular complexity index is 777. The molecule has 0 bridgehead atoms. The first-order chi connectivity index (χ1) is 13.7. The van der Waals surface area contributed by atoms with E-state index in [-0.39, 0.29) is 4.90 Å². The van der Waals surface area contributed by atoms with Crippen molar-refractivity contribution in [3.8, 4) is 0 Å². The maximum atomic E-state index is 10.5. The van der Waals surface area contributed by atoms with Crippen LogP contribution in [0.1, 0.15) is 37.7 Å². The van der Waals surface area contributed by atoms with Crippen LogP contribution in [-0.2, 0) is 14.9 Å². The van der Waals surface area contributed by atoms with Crippen molar-refractivity contribution in [2.45, 2.75) is 50.0 Å². The fourth-order valence-corrected chi connectivity index (χ4v) is 4.51. The van der Waals surface area contributed by atoms with Crippen LogP contribution in [0.5, 0.6) is 0 Å². The van der Waals surface area contributed by atoms with E-state index in [1.165, 1.54) is 44.2 Å². The Kier molecular flexibility index (Phi) is 8.99. The monoisotopic (exact) mass is 424 g/mol. The highest BCUT2D eigenvalue weighted by Crippen LogP contribution is 2.29. The molecule has 7 nitrogen and oxygen atoms in total. The van der Waals surface area contributed by atoms with Crippen molar-refractivity contribution in [3.63, 3.8) is 0 Å². The molecule has 0 radical (unpaired) electrons. The molecule has 8 heteroatoms. The number of nitrogens with one attached hydrogen (secondary N) is 1. The van der Waals surface area contributed by atoms with Gasteiger partial charge in [0.2, 0.25) is 0 Å². The second-order valence-corrected chi connectivity index (χ2v) is 9.78. The number of rotatable bonds is 5. The van der Waals surface area contributed by atoms with Gasteiger partial charge in [0, 0.05) is 0 Å². The van der Waals surface area contributed by atoms with Gasteiger partial charge in [-0.2, -0.15) is 8.42 Å². The molecular formula is C21H34N3O4S+. The van der Waals surface area contributed by atoms with Crippen molar-refractivity contribution in [2.75, 3.05) is 39.9 Å². The van der Waals surface area contributed by atoms with Crippen LogP contribution < -0.4 is 0 Å². The molecule has 1 saturated heterocycles. The quantitative estimate of drug-likeness (QED) is 0.430. The molecule has 1 unspecified atom stereocenters. The van der Waals surface area contributed by atoms with Crippen LogP contribution in [0.25, 0.3) is 0 Å². The van der Waals surface area contributed by atoms with E-state index in [2.05, 4.69) is 18.0 Å². The average molecular weight is 425 g/mol. The minimum absolute atomic E-state index is 0.0666. The first-order valence-corrected chi connectivity index (χ1v) is 11.7. The Morgan fingerprint density at radius 3 is 2.31 bits per heavy atom. The Labute approximate surface area is 174 Å². The van der Waals surface area contributed by atoms with Crippen LogP contribution >= 0.6 is 0 Å². The van der Waals surface area contributed by atoms with Gasteiger partial charge in [-0.15, -0.1) is 0 Å². The Hall–Kier alpha value is -1.57. The standard InChI is InChI=1S/C14H26N3O.C7H8O3S/c1-17(7-9-18-10-8-17)11-14(16-12-15)13-5-3-2-4-6-13;1-6-2-4-7(5-3-6)11(8,9)10/h13-15H,2-11H2,1H3;2-5H,1H3,(H,8,9,10)/q+1;. The van der Waals surface area contributed by atoms with E-state index in [1.54, 1.807) is 12.1 Å². The predicted molar refractivity (Wildman–Crippen MR) is 113 cm³/mol. The number of nitrogens with zero attached hydrogens (tertiary/aromatic N) is 2. The molecule has 1 saturated carbocycles. The second kappa shape index (κ2) is 11.0. The van der Waals surface area contributed by atoms with Crippen LogP contribution in [0.15, 0.2) is 34.2 Å². The topological polar surface area (TPSA) is 99.8 Å².